The van der Waals surface area contributed by atoms with Crippen molar-refractivity contribution in [2.75, 3.05) is 27.3 Å². The molecule has 0 amide bonds. The minimum absolute atomic E-state index is 0.276. The molecule has 4 nitrogen and oxygen atoms in total. The van der Waals surface area contributed by atoms with Crippen LogP contribution in [-0.4, -0.2) is 44.4 Å². The average molecular weight is 307 g/mol. The Kier molecular flexibility index (Phi) is 5.70. The highest BCUT2D eigenvalue weighted by Gasteiger charge is 2.24. The first-order valence-electron chi connectivity index (χ1n) is 8.07. The smallest absolute Gasteiger partial charge is 0.130 e. The molecule has 0 radical (unpaired) electrons. The lowest BCUT2D eigenvalue weighted by atomic mass is 9.97. The summed E-state index contributed by atoms with van der Waals surface area (Å²) in [6.07, 6.45) is 0.551. The molecule has 1 saturated heterocycles. The van der Waals surface area contributed by atoms with Crippen LogP contribution in [0.25, 0.3) is 0 Å². The highest BCUT2D eigenvalue weighted by atomic mass is 16.5. The molecule has 4 heteroatoms. The van der Waals surface area contributed by atoms with Crippen LogP contribution in [0.2, 0.25) is 0 Å². The number of nitrogens with zero attached hydrogens (tertiary/aromatic N) is 1. The summed E-state index contributed by atoms with van der Waals surface area (Å²) < 4.78 is 17.1. The maximum absolute atomic E-state index is 5.82. The van der Waals surface area contributed by atoms with Crippen LogP contribution in [0.15, 0.2) is 12.1 Å². The lowest BCUT2D eigenvalue weighted by molar-refractivity contribution is -0.0706. The molecule has 0 saturated carbocycles. The number of hydrogen-bond acceptors (Lipinski definition) is 4. The number of methoxy groups -OCH3 is 2. The predicted molar refractivity (Wildman–Crippen MR) is 88.9 cm³/mol. The first-order chi connectivity index (χ1) is 10.5. The molecule has 1 aromatic rings. The Morgan fingerprint density at radius 3 is 2.27 bits per heavy atom. The van der Waals surface area contributed by atoms with Crippen molar-refractivity contribution in [3.8, 4) is 11.5 Å². The maximum Gasteiger partial charge on any atom is 0.130 e. The minimum Gasteiger partial charge on any atom is -0.496 e. The molecule has 1 aromatic carbocycles. The number of rotatable bonds is 5. The summed E-state index contributed by atoms with van der Waals surface area (Å²) in [5, 5.41) is 0. The lowest BCUT2D eigenvalue weighted by Gasteiger charge is -2.35. The molecule has 124 valence electrons. The second kappa shape index (κ2) is 7.34. The molecule has 0 aromatic heterocycles. The minimum atomic E-state index is 0.276. The third-order valence-electron chi connectivity index (χ3n) is 4.13. The van der Waals surface area contributed by atoms with Gasteiger partial charge in [-0.3, -0.25) is 4.90 Å². The van der Waals surface area contributed by atoms with Gasteiger partial charge in [0, 0.05) is 30.8 Å². The van der Waals surface area contributed by atoms with Gasteiger partial charge in [0.2, 0.25) is 0 Å². The largest absolute Gasteiger partial charge is 0.496 e. The normalized spacial score (nSPS) is 22.9. The summed E-state index contributed by atoms with van der Waals surface area (Å²) in [6.45, 7) is 11.4. The summed E-state index contributed by atoms with van der Waals surface area (Å²) in [6, 6.07) is 4.18. The van der Waals surface area contributed by atoms with Crippen molar-refractivity contribution in [2.45, 2.75) is 52.4 Å². The Labute approximate surface area is 134 Å². The molecule has 1 fully saturated rings. The number of ether oxygens (including phenoxy) is 3. The fraction of sp³-hybridized carbons (Fsp3) is 0.667. The second-order valence-corrected chi connectivity index (χ2v) is 6.48. The number of morpholine rings is 1. The molecule has 1 heterocycles. The van der Waals surface area contributed by atoms with E-state index in [2.05, 4.69) is 44.7 Å². The molecule has 2 atom stereocenters. The van der Waals surface area contributed by atoms with E-state index in [0.29, 0.717) is 5.92 Å². The monoisotopic (exact) mass is 307 g/mol. The van der Waals surface area contributed by atoms with Crippen LogP contribution in [0.4, 0.5) is 0 Å². The molecule has 1 aliphatic heterocycles. The van der Waals surface area contributed by atoms with Gasteiger partial charge in [-0.2, -0.15) is 0 Å². The van der Waals surface area contributed by atoms with Crippen LogP contribution in [0.1, 0.15) is 44.7 Å². The van der Waals surface area contributed by atoms with E-state index in [1.807, 2.05) is 0 Å². The standard InChI is InChI=1S/C18H29NO3/c1-12(2)17-16(20-5)8-7-15(18(17)21-6)11-19-9-13(3)22-14(4)10-19/h7-8,12-14H,9-11H2,1-6H3. The zero-order valence-electron chi connectivity index (χ0n) is 14.7. The van der Waals surface area contributed by atoms with Crippen molar-refractivity contribution >= 4 is 0 Å². The van der Waals surface area contributed by atoms with Gasteiger partial charge in [-0.05, 0) is 25.8 Å². The van der Waals surface area contributed by atoms with Crippen LogP contribution in [0.5, 0.6) is 11.5 Å². The van der Waals surface area contributed by atoms with Crippen LogP contribution in [-0.2, 0) is 11.3 Å². The summed E-state index contributed by atoms with van der Waals surface area (Å²) in [7, 11) is 3.46. The van der Waals surface area contributed by atoms with Crippen LogP contribution in [0, 0.1) is 0 Å². The molecular weight excluding hydrogens is 278 g/mol. The first kappa shape index (κ1) is 17.1. The SMILES string of the molecule is COc1ccc(CN2CC(C)OC(C)C2)c(OC)c1C(C)C. The van der Waals surface area contributed by atoms with E-state index in [9.17, 15) is 0 Å². The summed E-state index contributed by atoms with van der Waals surface area (Å²) in [4.78, 5) is 2.44. The van der Waals surface area contributed by atoms with E-state index in [1.54, 1.807) is 14.2 Å². The van der Waals surface area contributed by atoms with Gasteiger partial charge in [0.15, 0.2) is 0 Å². The van der Waals surface area contributed by atoms with Crippen molar-refractivity contribution in [2.24, 2.45) is 0 Å². The van der Waals surface area contributed by atoms with Gasteiger partial charge in [-0.1, -0.05) is 19.9 Å². The fourth-order valence-electron chi connectivity index (χ4n) is 3.37. The van der Waals surface area contributed by atoms with E-state index in [1.165, 1.54) is 5.56 Å². The Morgan fingerprint density at radius 1 is 1.14 bits per heavy atom. The van der Waals surface area contributed by atoms with Gasteiger partial charge >= 0.3 is 0 Å². The molecule has 0 aliphatic carbocycles. The molecule has 2 rings (SSSR count). The summed E-state index contributed by atoms with van der Waals surface area (Å²) >= 11 is 0. The topological polar surface area (TPSA) is 30.9 Å². The van der Waals surface area contributed by atoms with Crippen molar-refractivity contribution in [1.29, 1.82) is 0 Å². The van der Waals surface area contributed by atoms with Gasteiger partial charge in [0.25, 0.3) is 0 Å². The average Bonchev–Trinajstić information content (AvgIpc) is 2.45. The summed E-state index contributed by atoms with van der Waals surface area (Å²) in [5.41, 5.74) is 2.37. The lowest BCUT2D eigenvalue weighted by Crippen LogP contribution is -2.44. The van der Waals surface area contributed by atoms with Crippen molar-refractivity contribution in [3.05, 3.63) is 23.3 Å². The van der Waals surface area contributed by atoms with E-state index in [0.717, 1.165) is 36.7 Å². The van der Waals surface area contributed by atoms with Gasteiger partial charge < -0.3 is 14.2 Å². The van der Waals surface area contributed by atoms with Gasteiger partial charge in [0.1, 0.15) is 11.5 Å². The Bertz CT molecular complexity index is 491. The van der Waals surface area contributed by atoms with Crippen LogP contribution >= 0.6 is 0 Å². The van der Waals surface area contributed by atoms with Crippen molar-refractivity contribution < 1.29 is 14.2 Å². The van der Waals surface area contributed by atoms with Crippen molar-refractivity contribution in [3.63, 3.8) is 0 Å². The Morgan fingerprint density at radius 2 is 1.77 bits per heavy atom. The van der Waals surface area contributed by atoms with Crippen molar-refractivity contribution in [1.82, 2.24) is 4.90 Å². The molecule has 0 spiro atoms. The third-order valence-corrected chi connectivity index (χ3v) is 4.13. The highest BCUT2D eigenvalue weighted by molar-refractivity contribution is 5.51. The molecule has 1 aliphatic rings. The Hall–Kier alpha value is -1.26. The molecule has 2 unspecified atom stereocenters. The van der Waals surface area contributed by atoms with Gasteiger partial charge in [-0.25, -0.2) is 0 Å². The van der Waals surface area contributed by atoms with Crippen LogP contribution < -0.4 is 9.47 Å². The molecule has 0 bridgehead atoms. The summed E-state index contributed by atoms with van der Waals surface area (Å²) in [5.74, 6) is 2.22. The Balaban J connectivity index is 2.29. The van der Waals surface area contributed by atoms with Crippen LogP contribution in [0.3, 0.4) is 0 Å². The predicted octanol–water partition coefficient (Wildman–Crippen LogP) is 3.44. The highest BCUT2D eigenvalue weighted by Crippen LogP contribution is 2.38. The molecule has 22 heavy (non-hydrogen) atoms. The van der Waals surface area contributed by atoms with E-state index >= 15 is 0 Å². The second-order valence-electron chi connectivity index (χ2n) is 6.48. The van der Waals surface area contributed by atoms with Gasteiger partial charge in [0.05, 0.1) is 26.4 Å². The van der Waals surface area contributed by atoms with E-state index in [4.69, 9.17) is 14.2 Å². The van der Waals surface area contributed by atoms with E-state index < -0.39 is 0 Å². The number of hydrogen-bond donors (Lipinski definition) is 0. The molecular formula is C18H29NO3. The quantitative estimate of drug-likeness (QED) is 0.834. The zero-order valence-corrected chi connectivity index (χ0v) is 14.7. The molecule has 0 N–H and O–H groups in total. The first-order valence-corrected chi connectivity index (χ1v) is 8.07. The van der Waals surface area contributed by atoms with Gasteiger partial charge in [-0.15, -0.1) is 0 Å². The zero-order chi connectivity index (χ0) is 16.3. The maximum atomic E-state index is 5.82. The number of benzene rings is 1. The van der Waals surface area contributed by atoms with E-state index in [-0.39, 0.29) is 12.2 Å². The third kappa shape index (κ3) is 3.73. The fourth-order valence-corrected chi connectivity index (χ4v) is 3.37.